The fourth-order valence-electron chi connectivity index (χ4n) is 1.50. The van der Waals surface area contributed by atoms with Crippen molar-refractivity contribution in [1.82, 2.24) is 20.6 Å². The zero-order valence-electron chi connectivity index (χ0n) is 11.5. The third-order valence-electron chi connectivity index (χ3n) is 2.53. The highest BCUT2D eigenvalue weighted by molar-refractivity contribution is 8.00. The van der Waals surface area contributed by atoms with Gasteiger partial charge in [-0.1, -0.05) is 23.2 Å². The van der Waals surface area contributed by atoms with Crippen molar-refractivity contribution in [1.29, 1.82) is 0 Å². The summed E-state index contributed by atoms with van der Waals surface area (Å²) in [6.07, 6.45) is 2.95. The number of carbonyl (C=O) groups excluding carboxylic acids is 2. The van der Waals surface area contributed by atoms with E-state index in [1.54, 1.807) is 31.4 Å². The highest BCUT2D eigenvalue weighted by atomic mass is 35.5. The fraction of sp³-hybridized carbons (Fsp3) is 0.154. The van der Waals surface area contributed by atoms with Gasteiger partial charge in [0.1, 0.15) is 0 Å². The van der Waals surface area contributed by atoms with Crippen molar-refractivity contribution in [2.24, 2.45) is 7.05 Å². The van der Waals surface area contributed by atoms with Crippen LogP contribution in [0, 0.1) is 0 Å². The van der Waals surface area contributed by atoms with E-state index < -0.39 is 5.91 Å². The molecule has 0 radical (unpaired) electrons. The average Bonchev–Trinajstić information content (AvgIpc) is 2.92. The van der Waals surface area contributed by atoms with Gasteiger partial charge in [-0.05, 0) is 18.2 Å². The number of halogens is 2. The number of nitrogens with zero attached hydrogens (tertiary/aromatic N) is 2. The summed E-state index contributed by atoms with van der Waals surface area (Å²) in [6, 6.07) is 5.01. The maximum atomic E-state index is 11.7. The molecule has 22 heavy (non-hydrogen) atoms. The van der Waals surface area contributed by atoms with Gasteiger partial charge in [0.25, 0.3) is 5.91 Å². The van der Waals surface area contributed by atoms with E-state index in [0.29, 0.717) is 20.5 Å². The van der Waals surface area contributed by atoms with E-state index in [1.165, 1.54) is 22.6 Å². The predicted octanol–water partition coefficient (Wildman–Crippen LogP) is 2.28. The van der Waals surface area contributed by atoms with E-state index >= 15 is 0 Å². The molecule has 0 fully saturated rings. The minimum absolute atomic E-state index is 0.0907. The van der Waals surface area contributed by atoms with Gasteiger partial charge >= 0.3 is 0 Å². The number of benzene rings is 1. The van der Waals surface area contributed by atoms with Crippen molar-refractivity contribution < 1.29 is 9.59 Å². The van der Waals surface area contributed by atoms with Gasteiger partial charge in [-0.15, -0.1) is 11.8 Å². The van der Waals surface area contributed by atoms with E-state index in [-0.39, 0.29) is 11.7 Å². The first-order valence-corrected chi connectivity index (χ1v) is 7.85. The van der Waals surface area contributed by atoms with Gasteiger partial charge in [-0.2, -0.15) is 5.10 Å². The van der Waals surface area contributed by atoms with Crippen LogP contribution in [0.25, 0.3) is 0 Å². The normalized spacial score (nSPS) is 10.3. The van der Waals surface area contributed by atoms with Crippen LogP contribution in [0.15, 0.2) is 35.5 Å². The fourth-order valence-corrected chi connectivity index (χ4v) is 2.80. The molecule has 0 atom stereocenters. The molecule has 0 saturated carbocycles. The maximum absolute atomic E-state index is 11.7. The quantitative estimate of drug-likeness (QED) is 0.649. The summed E-state index contributed by atoms with van der Waals surface area (Å²) >= 11 is 13.1. The number of aromatic nitrogens is 2. The SMILES string of the molecule is Cn1cc(C(=O)NNC(=O)CSc2cc(Cl)ccc2Cl)cn1. The second-order valence-electron chi connectivity index (χ2n) is 4.27. The Morgan fingerprint density at radius 1 is 1.32 bits per heavy atom. The Morgan fingerprint density at radius 3 is 2.77 bits per heavy atom. The number of hydrogen-bond donors (Lipinski definition) is 2. The van der Waals surface area contributed by atoms with Crippen molar-refractivity contribution >= 4 is 46.8 Å². The second kappa shape index (κ2) is 7.53. The molecule has 2 N–H and O–H groups in total. The van der Waals surface area contributed by atoms with Crippen LogP contribution in [0.3, 0.4) is 0 Å². The summed E-state index contributed by atoms with van der Waals surface area (Å²) in [5.74, 6) is -0.710. The topological polar surface area (TPSA) is 76.0 Å². The summed E-state index contributed by atoms with van der Waals surface area (Å²) in [5, 5.41) is 4.93. The number of hydrazine groups is 1. The molecule has 0 aliphatic heterocycles. The lowest BCUT2D eigenvalue weighted by Gasteiger charge is -2.07. The van der Waals surface area contributed by atoms with Crippen molar-refractivity contribution in [3.05, 3.63) is 46.2 Å². The highest BCUT2D eigenvalue weighted by Gasteiger charge is 2.10. The number of nitrogens with one attached hydrogen (secondary N) is 2. The van der Waals surface area contributed by atoms with Crippen LogP contribution in [0.4, 0.5) is 0 Å². The third-order valence-corrected chi connectivity index (χ3v) is 4.27. The molecule has 2 amide bonds. The molecule has 0 spiro atoms. The van der Waals surface area contributed by atoms with Crippen LogP contribution in [0.1, 0.15) is 10.4 Å². The molecule has 2 rings (SSSR count). The van der Waals surface area contributed by atoms with Crippen molar-refractivity contribution in [3.8, 4) is 0 Å². The van der Waals surface area contributed by atoms with Crippen LogP contribution in [-0.2, 0) is 11.8 Å². The van der Waals surface area contributed by atoms with E-state index in [4.69, 9.17) is 23.2 Å². The average molecular weight is 359 g/mol. The molecule has 0 saturated heterocycles. The standard InChI is InChI=1S/C13H12Cl2N4O2S/c1-19-6-8(5-16-19)13(21)18-17-12(20)7-22-11-4-9(14)2-3-10(11)15/h2-6H,7H2,1H3,(H,17,20)(H,18,21). The van der Waals surface area contributed by atoms with Crippen LogP contribution in [-0.4, -0.2) is 27.3 Å². The molecular weight excluding hydrogens is 347 g/mol. The summed E-state index contributed by atoms with van der Waals surface area (Å²) in [6.45, 7) is 0. The molecule has 1 aromatic carbocycles. The lowest BCUT2D eigenvalue weighted by atomic mass is 10.3. The summed E-state index contributed by atoms with van der Waals surface area (Å²) in [5.41, 5.74) is 4.99. The molecule has 0 aliphatic rings. The number of aryl methyl sites for hydroxylation is 1. The number of rotatable bonds is 4. The smallest absolute Gasteiger partial charge is 0.272 e. The summed E-state index contributed by atoms with van der Waals surface area (Å²) < 4.78 is 1.49. The molecule has 2 aromatic rings. The Morgan fingerprint density at radius 2 is 2.09 bits per heavy atom. The monoisotopic (exact) mass is 358 g/mol. The van der Waals surface area contributed by atoms with Crippen LogP contribution in [0.5, 0.6) is 0 Å². The zero-order valence-corrected chi connectivity index (χ0v) is 13.8. The zero-order chi connectivity index (χ0) is 16.1. The number of carbonyl (C=O) groups is 2. The highest BCUT2D eigenvalue weighted by Crippen LogP contribution is 2.29. The minimum atomic E-state index is -0.438. The Hall–Kier alpha value is -1.70. The van der Waals surface area contributed by atoms with Gasteiger partial charge in [0.2, 0.25) is 5.91 Å². The number of hydrogen-bond acceptors (Lipinski definition) is 4. The second-order valence-corrected chi connectivity index (χ2v) is 6.13. The molecule has 1 heterocycles. The Labute approximate surface area is 141 Å². The van der Waals surface area contributed by atoms with Gasteiger partial charge < -0.3 is 0 Å². The lowest BCUT2D eigenvalue weighted by molar-refractivity contribution is -0.119. The molecule has 9 heteroatoms. The number of thioether (sulfide) groups is 1. The van der Waals surface area contributed by atoms with Crippen LogP contribution < -0.4 is 10.9 Å². The van der Waals surface area contributed by atoms with Crippen LogP contribution >= 0.6 is 35.0 Å². The first kappa shape index (κ1) is 16.7. The van der Waals surface area contributed by atoms with E-state index in [2.05, 4.69) is 16.0 Å². The number of amides is 2. The molecule has 6 nitrogen and oxygen atoms in total. The maximum Gasteiger partial charge on any atom is 0.272 e. The largest absolute Gasteiger partial charge is 0.275 e. The first-order valence-electron chi connectivity index (χ1n) is 6.11. The first-order chi connectivity index (χ1) is 10.5. The van der Waals surface area contributed by atoms with Crippen molar-refractivity contribution in [3.63, 3.8) is 0 Å². The molecule has 1 aromatic heterocycles. The third kappa shape index (κ3) is 4.66. The van der Waals surface area contributed by atoms with Gasteiger partial charge in [0.15, 0.2) is 0 Å². The minimum Gasteiger partial charge on any atom is -0.275 e. The summed E-state index contributed by atoms with van der Waals surface area (Å²) in [4.78, 5) is 24.1. The van der Waals surface area contributed by atoms with Crippen molar-refractivity contribution in [2.45, 2.75) is 4.90 Å². The molecule has 116 valence electrons. The lowest BCUT2D eigenvalue weighted by Crippen LogP contribution is -2.42. The van der Waals surface area contributed by atoms with E-state index in [0.717, 1.165) is 0 Å². The Balaban J connectivity index is 1.81. The molecule has 0 aliphatic carbocycles. The van der Waals surface area contributed by atoms with Gasteiger partial charge in [-0.25, -0.2) is 0 Å². The summed E-state index contributed by atoms with van der Waals surface area (Å²) in [7, 11) is 1.70. The van der Waals surface area contributed by atoms with E-state index in [9.17, 15) is 9.59 Å². The van der Waals surface area contributed by atoms with E-state index in [1.807, 2.05) is 0 Å². The van der Waals surface area contributed by atoms with Gasteiger partial charge in [0.05, 0.1) is 22.5 Å². The molecule has 0 unspecified atom stereocenters. The van der Waals surface area contributed by atoms with Crippen LogP contribution in [0.2, 0.25) is 10.0 Å². The predicted molar refractivity (Wildman–Crippen MR) is 86.0 cm³/mol. The van der Waals surface area contributed by atoms with Crippen molar-refractivity contribution in [2.75, 3.05) is 5.75 Å². The Bertz CT molecular complexity index is 705. The molecule has 0 bridgehead atoms. The van der Waals surface area contributed by atoms with Gasteiger partial charge in [0, 0.05) is 23.2 Å². The molecular formula is C13H12Cl2N4O2S. The van der Waals surface area contributed by atoms with Gasteiger partial charge in [-0.3, -0.25) is 25.1 Å². The Kier molecular flexibility index (Phi) is 5.70.